The molecule has 1 aromatic rings. The zero-order valence-corrected chi connectivity index (χ0v) is 7.84. The van der Waals surface area contributed by atoms with E-state index in [-0.39, 0.29) is 11.5 Å². The molecule has 0 saturated carbocycles. The van der Waals surface area contributed by atoms with Gasteiger partial charge in [0.15, 0.2) is 5.82 Å². The van der Waals surface area contributed by atoms with Crippen molar-refractivity contribution in [1.82, 2.24) is 4.98 Å². The van der Waals surface area contributed by atoms with E-state index in [0.29, 0.717) is 0 Å². The molecule has 0 amide bonds. The Kier molecular flexibility index (Phi) is 2.83. The van der Waals surface area contributed by atoms with Crippen LogP contribution in [0, 0.1) is 0 Å². The summed E-state index contributed by atoms with van der Waals surface area (Å²) in [6, 6.07) is 0.773. The van der Waals surface area contributed by atoms with Gasteiger partial charge in [0, 0.05) is 0 Å². The molecule has 4 N–H and O–H groups in total. The fraction of sp³-hybridized carbons (Fsp3) is 0.250. The second kappa shape index (κ2) is 3.76. The molecule has 0 aliphatic rings. The van der Waals surface area contributed by atoms with Gasteiger partial charge in [0.2, 0.25) is 0 Å². The zero-order chi connectivity index (χ0) is 11.6. The highest BCUT2D eigenvalue weighted by Crippen LogP contribution is 2.35. The van der Waals surface area contributed by atoms with Gasteiger partial charge in [-0.2, -0.15) is 13.2 Å². The van der Waals surface area contributed by atoms with Gasteiger partial charge >= 0.3 is 6.18 Å². The lowest BCUT2D eigenvalue weighted by Crippen LogP contribution is -2.10. The summed E-state index contributed by atoms with van der Waals surface area (Å²) in [7, 11) is 0. The van der Waals surface area contributed by atoms with E-state index in [9.17, 15) is 13.2 Å². The van der Waals surface area contributed by atoms with Gasteiger partial charge in [-0.25, -0.2) is 9.98 Å². The summed E-state index contributed by atoms with van der Waals surface area (Å²) in [4.78, 5) is 6.95. The molecule has 4 nitrogen and oxygen atoms in total. The molecule has 1 rings (SSSR count). The highest BCUT2D eigenvalue weighted by molar-refractivity contribution is 5.80. The number of nitrogens with two attached hydrogens (primary N) is 2. The second-order valence-corrected chi connectivity index (χ2v) is 2.89. The molecule has 0 atom stereocenters. The number of hydrogen-bond acceptors (Lipinski definition) is 3. The first kappa shape index (κ1) is 11.3. The Morgan fingerprint density at radius 1 is 1.47 bits per heavy atom. The van der Waals surface area contributed by atoms with Crippen molar-refractivity contribution in [1.29, 1.82) is 0 Å². The van der Waals surface area contributed by atoms with Crippen LogP contribution in [0.25, 0.3) is 0 Å². The Hall–Kier alpha value is -1.79. The van der Waals surface area contributed by atoms with Gasteiger partial charge < -0.3 is 11.5 Å². The number of anilines is 1. The number of halogens is 3. The second-order valence-electron chi connectivity index (χ2n) is 2.89. The minimum atomic E-state index is -4.54. The summed E-state index contributed by atoms with van der Waals surface area (Å²) >= 11 is 0. The highest BCUT2D eigenvalue weighted by atomic mass is 19.4. The predicted molar refractivity (Wildman–Crippen MR) is 50.6 cm³/mol. The van der Waals surface area contributed by atoms with Crippen LogP contribution in [0.3, 0.4) is 0 Å². The lowest BCUT2D eigenvalue weighted by molar-refractivity contribution is -0.137. The number of alkyl halides is 3. The van der Waals surface area contributed by atoms with Gasteiger partial charge in [-0.05, 0) is 13.0 Å². The monoisotopic (exact) mass is 218 g/mol. The molecule has 1 aromatic heterocycles. The minimum Gasteiger partial charge on any atom is -0.397 e. The van der Waals surface area contributed by atoms with Crippen molar-refractivity contribution >= 4 is 17.3 Å². The molecule has 0 unspecified atom stereocenters. The third kappa shape index (κ3) is 2.83. The molecule has 0 saturated heterocycles. The number of pyridine rings is 1. The van der Waals surface area contributed by atoms with Crippen molar-refractivity contribution in [3.8, 4) is 0 Å². The fourth-order valence-corrected chi connectivity index (χ4v) is 0.938. The van der Waals surface area contributed by atoms with Gasteiger partial charge in [-0.15, -0.1) is 0 Å². The van der Waals surface area contributed by atoms with E-state index < -0.39 is 17.6 Å². The molecule has 0 spiro atoms. The van der Waals surface area contributed by atoms with Crippen LogP contribution in [0.5, 0.6) is 0 Å². The fourth-order valence-electron chi connectivity index (χ4n) is 0.938. The molecule has 0 fully saturated rings. The molecular formula is C8H9F3N4. The number of aliphatic imine (C=N–C) groups is 1. The lowest BCUT2D eigenvalue weighted by atomic mass is 10.2. The third-order valence-corrected chi connectivity index (χ3v) is 1.48. The molecule has 0 aromatic carbocycles. The maximum atomic E-state index is 12.5. The van der Waals surface area contributed by atoms with E-state index in [0.717, 1.165) is 12.3 Å². The van der Waals surface area contributed by atoms with Gasteiger partial charge in [0.1, 0.15) is 5.56 Å². The maximum Gasteiger partial charge on any atom is 0.420 e. The van der Waals surface area contributed by atoms with E-state index in [1.54, 1.807) is 0 Å². The van der Waals surface area contributed by atoms with Gasteiger partial charge in [-0.3, -0.25) is 0 Å². The summed E-state index contributed by atoms with van der Waals surface area (Å²) in [5.41, 5.74) is 9.33. The van der Waals surface area contributed by atoms with E-state index in [1.165, 1.54) is 6.92 Å². The van der Waals surface area contributed by atoms with Crippen molar-refractivity contribution < 1.29 is 13.2 Å². The first-order chi connectivity index (χ1) is 6.80. The average molecular weight is 218 g/mol. The van der Waals surface area contributed by atoms with Gasteiger partial charge in [-0.1, -0.05) is 0 Å². The van der Waals surface area contributed by atoms with Crippen molar-refractivity contribution in [3.63, 3.8) is 0 Å². The van der Waals surface area contributed by atoms with Crippen LogP contribution in [-0.4, -0.2) is 10.8 Å². The SMILES string of the molecule is C/C(N)=N\c1ncc(N)cc1C(F)(F)F. The molecule has 82 valence electrons. The first-order valence-corrected chi connectivity index (χ1v) is 3.94. The van der Waals surface area contributed by atoms with E-state index in [4.69, 9.17) is 11.5 Å². The largest absolute Gasteiger partial charge is 0.420 e. The van der Waals surface area contributed by atoms with E-state index in [2.05, 4.69) is 9.98 Å². The smallest absolute Gasteiger partial charge is 0.397 e. The average Bonchev–Trinajstić information content (AvgIpc) is 2.05. The topological polar surface area (TPSA) is 77.3 Å². The van der Waals surface area contributed by atoms with Crippen molar-refractivity contribution in [2.24, 2.45) is 10.7 Å². The molecule has 0 aliphatic carbocycles. The molecule has 0 bridgehead atoms. The van der Waals surface area contributed by atoms with E-state index in [1.807, 2.05) is 0 Å². The Morgan fingerprint density at radius 3 is 2.53 bits per heavy atom. The van der Waals surface area contributed by atoms with Crippen LogP contribution >= 0.6 is 0 Å². The zero-order valence-electron chi connectivity index (χ0n) is 7.84. The Bertz CT molecular complexity index is 393. The predicted octanol–water partition coefficient (Wildman–Crippen LogP) is 1.69. The number of aromatic nitrogens is 1. The normalized spacial score (nSPS) is 12.9. The van der Waals surface area contributed by atoms with Crippen LogP contribution in [0.1, 0.15) is 12.5 Å². The summed E-state index contributed by atoms with van der Waals surface area (Å²) in [5, 5.41) is 0. The van der Waals surface area contributed by atoms with Crippen molar-refractivity contribution in [3.05, 3.63) is 17.8 Å². The molecule has 15 heavy (non-hydrogen) atoms. The molecular weight excluding hydrogens is 209 g/mol. The number of nitrogen functional groups attached to an aromatic ring is 1. The van der Waals surface area contributed by atoms with Gasteiger partial charge in [0.05, 0.1) is 17.7 Å². The van der Waals surface area contributed by atoms with Crippen LogP contribution < -0.4 is 11.5 Å². The third-order valence-electron chi connectivity index (χ3n) is 1.48. The number of hydrogen-bond donors (Lipinski definition) is 2. The quantitative estimate of drug-likeness (QED) is 0.556. The van der Waals surface area contributed by atoms with Crippen LogP contribution in [0.15, 0.2) is 17.3 Å². The van der Waals surface area contributed by atoms with E-state index >= 15 is 0 Å². The molecule has 1 heterocycles. The Labute approximate surface area is 83.8 Å². The Balaban J connectivity index is 3.34. The molecule has 0 aliphatic heterocycles. The molecule has 0 radical (unpaired) electrons. The van der Waals surface area contributed by atoms with Crippen molar-refractivity contribution in [2.75, 3.05) is 5.73 Å². The maximum absolute atomic E-state index is 12.5. The molecule has 7 heteroatoms. The van der Waals surface area contributed by atoms with Gasteiger partial charge in [0.25, 0.3) is 0 Å². The van der Waals surface area contributed by atoms with Crippen LogP contribution in [0.2, 0.25) is 0 Å². The minimum absolute atomic E-state index is 0.00206. The lowest BCUT2D eigenvalue weighted by Gasteiger charge is -2.09. The number of rotatable bonds is 1. The van der Waals surface area contributed by atoms with Crippen molar-refractivity contribution in [2.45, 2.75) is 13.1 Å². The van der Waals surface area contributed by atoms with Crippen LogP contribution in [0.4, 0.5) is 24.7 Å². The summed E-state index contributed by atoms with van der Waals surface area (Å²) in [6.07, 6.45) is -3.45. The standard InChI is InChI=1S/C8H9F3N4/c1-4(12)15-7-6(8(9,10)11)2-5(13)3-14-7/h2-3H,13H2,1H3,(H2,12,14,15). The summed E-state index contributed by atoms with van der Waals surface area (Å²) < 4.78 is 37.4. The number of amidine groups is 1. The number of nitrogens with zero attached hydrogens (tertiary/aromatic N) is 2. The highest BCUT2D eigenvalue weighted by Gasteiger charge is 2.34. The first-order valence-electron chi connectivity index (χ1n) is 3.94. The summed E-state index contributed by atoms with van der Waals surface area (Å²) in [6.45, 7) is 1.37. The van der Waals surface area contributed by atoms with Crippen LogP contribution in [-0.2, 0) is 6.18 Å². The summed E-state index contributed by atoms with van der Waals surface area (Å²) in [5.74, 6) is -0.477. The Morgan fingerprint density at radius 2 is 2.07 bits per heavy atom.